The Morgan fingerprint density at radius 1 is 0.842 bits per heavy atom. The molecule has 1 aromatic carbocycles. The Morgan fingerprint density at radius 2 is 1.32 bits per heavy atom. The number of aromatic hydroxyl groups is 1. The minimum atomic E-state index is 0.364. The summed E-state index contributed by atoms with van der Waals surface area (Å²) >= 11 is 0. The monoisotopic (exact) mass is 265 g/mol. The van der Waals surface area contributed by atoms with Gasteiger partial charge in [-0.2, -0.15) is 0 Å². The molecule has 0 spiro atoms. The van der Waals surface area contributed by atoms with Gasteiger partial charge in [-0.3, -0.25) is 0 Å². The highest BCUT2D eigenvalue weighted by molar-refractivity contribution is 5.25. The van der Waals surface area contributed by atoms with Gasteiger partial charge >= 0.3 is 0 Å². The first-order valence-electron chi connectivity index (χ1n) is 7.61. The molecule has 1 rings (SSSR count). The number of nitrogens with one attached hydrogen (secondary N) is 1. The Balaban J connectivity index is 0.000000982. The first-order chi connectivity index (χ1) is 9.24. The van der Waals surface area contributed by atoms with Crippen LogP contribution in [0.15, 0.2) is 24.3 Å². The van der Waals surface area contributed by atoms with E-state index in [1.807, 2.05) is 26.2 Å². The number of rotatable bonds is 8. The number of hydrogen-bond acceptors (Lipinski definition) is 2. The van der Waals surface area contributed by atoms with Crippen LogP contribution in [0.4, 0.5) is 0 Å². The number of hydrogen-bond donors (Lipinski definition) is 2. The Kier molecular flexibility index (Phi) is 12.7. The minimum Gasteiger partial charge on any atom is -0.508 e. The molecule has 0 saturated carbocycles. The zero-order chi connectivity index (χ0) is 14.3. The lowest BCUT2D eigenvalue weighted by atomic mass is 10.0. The van der Waals surface area contributed by atoms with Gasteiger partial charge in [-0.25, -0.2) is 0 Å². The van der Waals surface area contributed by atoms with E-state index in [-0.39, 0.29) is 0 Å². The molecule has 110 valence electrons. The largest absolute Gasteiger partial charge is 0.508 e. The van der Waals surface area contributed by atoms with Gasteiger partial charge < -0.3 is 10.4 Å². The van der Waals surface area contributed by atoms with Crippen molar-refractivity contribution in [2.45, 2.75) is 58.3 Å². The van der Waals surface area contributed by atoms with Gasteiger partial charge in [-0.15, -0.1) is 0 Å². The van der Waals surface area contributed by atoms with Gasteiger partial charge in [-0.1, -0.05) is 57.6 Å². The van der Waals surface area contributed by atoms with Crippen molar-refractivity contribution in [1.29, 1.82) is 0 Å². The van der Waals surface area contributed by atoms with Crippen molar-refractivity contribution in [3.63, 3.8) is 0 Å². The van der Waals surface area contributed by atoms with Crippen LogP contribution in [0, 0.1) is 0 Å². The lowest BCUT2D eigenvalue weighted by Gasteiger charge is -2.02. The lowest BCUT2D eigenvalue weighted by molar-refractivity contribution is 0.475. The predicted octanol–water partition coefficient (Wildman–Crippen LogP) is 4.52. The molecule has 0 bridgehead atoms. The quantitative estimate of drug-likeness (QED) is 0.677. The van der Waals surface area contributed by atoms with E-state index >= 15 is 0 Å². The average Bonchev–Trinajstić information content (AvgIpc) is 2.41. The van der Waals surface area contributed by atoms with Crippen LogP contribution < -0.4 is 5.32 Å². The molecule has 1 aromatic rings. The van der Waals surface area contributed by atoms with E-state index in [9.17, 15) is 0 Å². The summed E-state index contributed by atoms with van der Waals surface area (Å²) in [6, 6.07) is 7.59. The molecule has 0 saturated heterocycles. The van der Waals surface area contributed by atoms with Gasteiger partial charge in [-0.05, 0) is 44.6 Å². The minimum absolute atomic E-state index is 0.364. The highest BCUT2D eigenvalue weighted by atomic mass is 16.3. The van der Waals surface area contributed by atoms with Crippen LogP contribution in [-0.2, 0) is 6.42 Å². The second kappa shape index (κ2) is 13.4. The zero-order valence-corrected chi connectivity index (χ0v) is 12.9. The molecule has 0 aliphatic heterocycles. The molecule has 0 atom stereocenters. The van der Waals surface area contributed by atoms with Crippen LogP contribution in [-0.4, -0.2) is 19.2 Å². The normalized spacial score (nSPS) is 9.84. The van der Waals surface area contributed by atoms with E-state index in [4.69, 9.17) is 5.11 Å². The zero-order valence-electron chi connectivity index (χ0n) is 12.9. The lowest BCUT2D eigenvalue weighted by Crippen LogP contribution is -1.89. The highest BCUT2D eigenvalue weighted by Gasteiger charge is 1.94. The molecule has 2 N–H and O–H groups in total. The Morgan fingerprint density at radius 3 is 1.84 bits per heavy atom. The van der Waals surface area contributed by atoms with Crippen LogP contribution in [0.25, 0.3) is 0 Å². The first kappa shape index (κ1) is 18.0. The number of phenolic OH excluding ortho intramolecular Hbond substituents is 1. The smallest absolute Gasteiger partial charge is 0.115 e. The van der Waals surface area contributed by atoms with Gasteiger partial charge in [0.1, 0.15) is 5.75 Å². The van der Waals surface area contributed by atoms with Crippen molar-refractivity contribution in [3.8, 4) is 5.75 Å². The summed E-state index contributed by atoms with van der Waals surface area (Å²) in [6.07, 6.45) is 10.6. The number of unbranched alkanes of at least 4 members (excludes halogenated alkanes) is 6. The van der Waals surface area contributed by atoms with Crippen LogP contribution in [0.1, 0.15) is 57.4 Å². The van der Waals surface area contributed by atoms with E-state index in [0.29, 0.717) is 5.75 Å². The molecule has 2 heteroatoms. The van der Waals surface area contributed by atoms with Crippen molar-refractivity contribution in [1.82, 2.24) is 5.32 Å². The molecule has 0 fully saturated rings. The van der Waals surface area contributed by atoms with Crippen molar-refractivity contribution < 1.29 is 5.11 Å². The maximum absolute atomic E-state index is 9.15. The van der Waals surface area contributed by atoms with Gasteiger partial charge in [0.25, 0.3) is 0 Å². The summed E-state index contributed by atoms with van der Waals surface area (Å²) in [5, 5.41) is 11.9. The number of aryl methyl sites for hydroxylation is 1. The van der Waals surface area contributed by atoms with Gasteiger partial charge in [0.2, 0.25) is 0 Å². The third-order valence-corrected chi connectivity index (χ3v) is 3.01. The van der Waals surface area contributed by atoms with E-state index in [1.54, 1.807) is 12.1 Å². The third-order valence-electron chi connectivity index (χ3n) is 3.01. The standard InChI is InChI=1S/C15H24O.C2H7N/c1-2-3-4-5-6-7-8-9-14-10-12-15(16)13-11-14;1-3-2/h10-13,16H,2-9H2,1H3;3H,1-2H3. The fourth-order valence-corrected chi connectivity index (χ4v) is 1.95. The second-order valence-corrected chi connectivity index (χ2v) is 5.04. The topological polar surface area (TPSA) is 32.3 Å². The molecule has 0 aliphatic rings. The summed E-state index contributed by atoms with van der Waals surface area (Å²) in [5.41, 5.74) is 1.34. The predicted molar refractivity (Wildman–Crippen MR) is 84.8 cm³/mol. The van der Waals surface area contributed by atoms with Gasteiger partial charge in [0.05, 0.1) is 0 Å². The molecule has 0 amide bonds. The van der Waals surface area contributed by atoms with Crippen LogP contribution >= 0.6 is 0 Å². The third kappa shape index (κ3) is 11.8. The molecular formula is C17H31NO. The summed E-state index contributed by atoms with van der Waals surface area (Å²) < 4.78 is 0. The Bertz CT molecular complexity index is 282. The molecule has 19 heavy (non-hydrogen) atoms. The Hall–Kier alpha value is -1.02. The number of phenols is 1. The van der Waals surface area contributed by atoms with Gasteiger partial charge in [0.15, 0.2) is 0 Å². The average molecular weight is 265 g/mol. The fraction of sp³-hybridized carbons (Fsp3) is 0.647. The van der Waals surface area contributed by atoms with Crippen molar-refractivity contribution >= 4 is 0 Å². The summed E-state index contributed by atoms with van der Waals surface area (Å²) in [7, 11) is 3.75. The van der Waals surface area contributed by atoms with Crippen LogP contribution in [0.3, 0.4) is 0 Å². The first-order valence-corrected chi connectivity index (χ1v) is 7.61. The van der Waals surface area contributed by atoms with E-state index in [0.717, 1.165) is 6.42 Å². The van der Waals surface area contributed by atoms with Crippen molar-refractivity contribution in [3.05, 3.63) is 29.8 Å². The summed E-state index contributed by atoms with van der Waals surface area (Å²) in [4.78, 5) is 0. The fourth-order valence-electron chi connectivity index (χ4n) is 1.95. The molecule has 0 heterocycles. The molecule has 0 unspecified atom stereocenters. The van der Waals surface area contributed by atoms with Gasteiger partial charge in [0, 0.05) is 0 Å². The summed E-state index contributed by atoms with van der Waals surface area (Å²) in [5.74, 6) is 0.364. The van der Waals surface area contributed by atoms with Crippen molar-refractivity contribution in [2.24, 2.45) is 0 Å². The molecule has 0 aliphatic carbocycles. The molecular weight excluding hydrogens is 234 g/mol. The van der Waals surface area contributed by atoms with Crippen molar-refractivity contribution in [2.75, 3.05) is 14.1 Å². The molecule has 0 aromatic heterocycles. The van der Waals surface area contributed by atoms with E-state index in [2.05, 4.69) is 12.2 Å². The maximum Gasteiger partial charge on any atom is 0.115 e. The molecule has 2 nitrogen and oxygen atoms in total. The highest BCUT2D eigenvalue weighted by Crippen LogP contribution is 2.13. The maximum atomic E-state index is 9.15. The van der Waals surface area contributed by atoms with E-state index in [1.165, 1.54) is 50.5 Å². The second-order valence-electron chi connectivity index (χ2n) is 5.04. The Labute approximate surface area is 119 Å². The SMILES string of the molecule is CCCCCCCCCc1ccc(O)cc1.CNC. The molecule has 0 radical (unpaired) electrons. The summed E-state index contributed by atoms with van der Waals surface area (Å²) in [6.45, 7) is 2.25. The van der Waals surface area contributed by atoms with Crippen LogP contribution in [0.2, 0.25) is 0 Å². The van der Waals surface area contributed by atoms with E-state index < -0.39 is 0 Å². The number of benzene rings is 1. The van der Waals surface area contributed by atoms with Crippen LogP contribution in [0.5, 0.6) is 5.75 Å².